The summed E-state index contributed by atoms with van der Waals surface area (Å²) in [5.41, 5.74) is 15.7. The third-order valence-corrected chi connectivity index (χ3v) is 7.34. The fraction of sp³-hybridized carbons (Fsp3) is 0.0870. The molecule has 3 aromatic carbocycles. The number of sulfone groups is 1. The van der Waals surface area contributed by atoms with E-state index in [4.69, 9.17) is 16.9 Å². The Morgan fingerprint density at radius 1 is 0.909 bits per heavy atom. The van der Waals surface area contributed by atoms with Gasteiger partial charge in [-0.3, -0.25) is 5.41 Å². The van der Waals surface area contributed by atoms with E-state index in [-0.39, 0.29) is 10.7 Å². The van der Waals surface area contributed by atoms with Crippen molar-refractivity contribution in [2.45, 2.75) is 16.7 Å². The molecule has 0 saturated heterocycles. The Hall–Kier alpha value is -4.02. The van der Waals surface area contributed by atoms with E-state index in [9.17, 15) is 8.42 Å². The summed E-state index contributed by atoms with van der Waals surface area (Å²) in [5.74, 6) is 1.37. The first-order chi connectivity index (χ1) is 15.8. The van der Waals surface area contributed by atoms with Gasteiger partial charge < -0.3 is 21.4 Å². The second-order valence-electron chi connectivity index (χ2n) is 7.74. The van der Waals surface area contributed by atoms with Crippen molar-refractivity contribution < 1.29 is 8.42 Å². The van der Waals surface area contributed by atoms with E-state index in [2.05, 4.69) is 19.9 Å². The van der Waals surface area contributed by atoms with Gasteiger partial charge in [-0.05, 0) is 48.0 Å². The number of aromatic amines is 2. The van der Waals surface area contributed by atoms with Gasteiger partial charge in [0.15, 0.2) is 9.84 Å². The van der Waals surface area contributed by atoms with Crippen LogP contribution in [-0.2, 0) is 16.3 Å². The average molecular weight is 460 g/mol. The van der Waals surface area contributed by atoms with Gasteiger partial charge in [0.05, 0.1) is 33.4 Å². The van der Waals surface area contributed by atoms with E-state index in [1.165, 1.54) is 12.1 Å². The Morgan fingerprint density at radius 3 is 2.15 bits per heavy atom. The van der Waals surface area contributed by atoms with Gasteiger partial charge in [-0.1, -0.05) is 24.3 Å². The molecule has 5 rings (SSSR count). The van der Waals surface area contributed by atoms with Gasteiger partial charge in [-0.25, -0.2) is 18.4 Å². The first-order valence-electron chi connectivity index (χ1n) is 10.2. The number of nitrogens with one attached hydrogen (secondary N) is 3. The number of hydrogen-bond donors (Lipinski definition) is 5. The highest BCUT2D eigenvalue weighted by Gasteiger charge is 2.25. The van der Waals surface area contributed by atoms with Crippen molar-refractivity contribution in [2.75, 3.05) is 0 Å². The van der Waals surface area contributed by atoms with Gasteiger partial charge in [0.2, 0.25) is 0 Å². The first-order valence-corrected chi connectivity index (χ1v) is 11.7. The number of H-pyrrole nitrogens is 2. The van der Waals surface area contributed by atoms with E-state index in [0.717, 1.165) is 11.0 Å². The van der Waals surface area contributed by atoms with E-state index in [1.807, 2.05) is 6.07 Å². The predicted octanol–water partition coefficient (Wildman–Crippen LogP) is 2.75. The van der Waals surface area contributed by atoms with Crippen LogP contribution < -0.4 is 11.5 Å². The molecule has 2 aromatic heterocycles. The number of imidazole rings is 2. The number of fused-ring (bicyclic) bond motifs is 2. The Bertz CT molecular complexity index is 1600. The van der Waals surface area contributed by atoms with Gasteiger partial charge >= 0.3 is 0 Å². The number of nitrogens with zero attached hydrogens (tertiary/aromatic N) is 2. The van der Waals surface area contributed by atoms with Crippen LogP contribution in [0.3, 0.4) is 0 Å². The molecule has 0 bridgehead atoms. The zero-order chi connectivity index (χ0) is 23.2. The van der Waals surface area contributed by atoms with Crippen LogP contribution in [0, 0.1) is 5.41 Å². The first kappa shape index (κ1) is 20.9. The SMILES string of the molecule is N=C(N)c1ccc2nc(Cc3nc4ccc(C(N)S(=O)(=O)c5ccccc5)cc4[nH]3)[nH]c2c1. The molecule has 0 spiro atoms. The van der Waals surface area contributed by atoms with Crippen LogP contribution in [0.5, 0.6) is 0 Å². The minimum absolute atomic E-state index is 0.00590. The molecular weight excluding hydrogens is 438 g/mol. The van der Waals surface area contributed by atoms with Crippen molar-refractivity contribution in [3.63, 3.8) is 0 Å². The van der Waals surface area contributed by atoms with Crippen LogP contribution in [0.2, 0.25) is 0 Å². The molecule has 0 aliphatic rings. The minimum atomic E-state index is -3.72. The van der Waals surface area contributed by atoms with Gasteiger partial charge in [0.25, 0.3) is 0 Å². The lowest BCUT2D eigenvalue weighted by atomic mass is 10.2. The maximum Gasteiger partial charge on any atom is 0.198 e. The van der Waals surface area contributed by atoms with Crippen molar-refractivity contribution in [3.05, 3.63) is 89.5 Å². The van der Waals surface area contributed by atoms with Crippen molar-refractivity contribution in [1.29, 1.82) is 5.41 Å². The fourth-order valence-electron chi connectivity index (χ4n) is 3.75. The van der Waals surface area contributed by atoms with Crippen LogP contribution in [0.25, 0.3) is 22.1 Å². The van der Waals surface area contributed by atoms with Crippen LogP contribution in [-0.4, -0.2) is 34.2 Å². The third kappa shape index (κ3) is 3.86. The van der Waals surface area contributed by atoms with Crippen LogP contribution in [0.15, 0.2) is 71.6 Å². The van der Waals surface area contributed by atoms with Crippen molar-refractivity contribution in [2.24, 2.45) is 11.5 Å². The van der Waals surface area contributed by atoms with E-state index in [0.29, 0.717) is 40.2 Å². The molecule has 33 heavy (non-hydrogen) atoms. The second-order valence-corrected chi connectivity index (χ2v) is 9.81. The highest BCUT2D eigenvalue weighted by molar-refractivity contribution is 7.91. The molecular formula is C23H21N7O2S. The number of hydrogen-bond acceptors (Lipinski definition) is 6. The van der Waals surface area contributed by atoms with E-state index >= 15 is 0 Å². The Labute approximate surface area is 189 Å². The van der Waals surface area contributed by atoms with Gasteiger partial charge in [-0.15, -0.1) is 0 Å². The Balaban J connectivity index is 1.43. The summed E-state index contributed by atoms with van der Waals surface area (Å²) in [6.45, 7) is 0. The summed E-state index contributed by atoms with van der Waals surface area (Å²) in [6, 6.07) is 18.7. The summed E-state index contributed by atoms with van der Waals surface area (Å²) >= 11 is 0. The molecule has 9 nitrogen and oxygen atoms in total. The molecule has 0 amide bonds. The number of benzene rings is 3. The lowest BCUT2D eigenvalue weighted by Gasteiger charge is -2.13. The normalized spacial score (nSPS) is 12.9. The van der Waals surface area contributed by atoms with Gasteiger partial charge in [-0.2, -0.15) is 0 Å². The van der Waals surface area contributed by atoms with E-state index in [1.54, 1.807) is 48.5 Å². The molecule has 1 atom stereocenters. The second kappa shape index (κ2) is 7.84. The number of nitrogen functional groups attached to an aromatic ring is 1. The number of nitrogens with two attached hydrogens (primary N) is 2. The standard InChI is InChI=1S/C23H21N7O2S/c24-22(25)13-6-8-16-18(10-13)29-20(27-16)12-21-28-17-9-7-14(11-19(17)30-21)23(26)33(31,32)15-4-2-1-3-5-15/h1-11,23H,12,26H2,(H3,24,25)(H,27,29)(H,28,30). The molecule has 166 valence electrons. The van der Waals surface area contributed by atoms with Gasteiger partial charge in [0.1, 0.15) is 22.9 Å². The number of amidine groups is 1. The molecule has 7 N–H and O–H groups in total. The zero-order valence-electron chi connectivity index (χ0n) is 17.4. The van der Waals surface area contributed by atoms with Crippen LogP contribution in [0.1, 0.15) is 28.1 Å². The monoisotopic (exact) mass is 459 g/mol. The summed E-state index contributed by atoms with van der Waals surface area (Å²) in [5, 5.41) is 6.38. The summed E-state index contributed by atoms with van der Waals surface area (Å²) in [4.78, 5) is 15.8. The quantitative estimate of drug-likeness (QED) is 0.193. The highest BCUT2D eigenvalue weighted by Crippen LogP contribution is 2.27. The van der Waals surface area contributed by atoms with E-state index < -0.39 is 15.2 Å². The molecule has 0 aliphatic heterocycles. The molecule has 0 fully saturated rings. The maximum absolute atomic E-state index is 12.9. The number of rotatable bonds is 6. The molecule has 0 aliphatic carbocycles. The Kier molecular flexibility index (Phi) is 4.95. The fourth-order valence-corrected chi connectivity index (χ4v) is 5.08. The van der Waals surface area contributed by atoms with Crippen LogP contribution >= 0.6 is 0 Å². The maximum atomic E-state index is 12.9. The number of aromatic nitrogens is 4. The molecule has 5 aromatic rings. The molecule has 2 heterocycles. The summed E-state index contributed by atoms with van der Waals surface area (Å²) in [6.07, 6.45) is 0.419. The lowest BCUT2D eigenvalue weighted by Crippen LogP contribution is -2.21. The topological polar surface area (TPSA) is 167 Å². The van der Waals surface area contributed by atoms with Gasteiger partial charge in [0, 0.05) is 5.56 Å². The van der Waals surface area contributed by atoms with Crippen molar-refractivity contribution >= 4 is 37.7 Å². The average Bonchev–Trinajstić information content (AvgIpc) is 3.40. The van der Waals surface area contributed by atoms with Crippen molar-refractivity contribution in [1.82, 2.24) is 19.9 Å². The largest absolute Gasteiger partial charge is 0.384 e. The third-order valence-electron chi connectivity index (χ3n) is 5.47. The molecule has 1 unspecified atom stereocenters. The molecule has 10 heteroatoms. The van der Waals surface area contributed by atoms with Crippen LogP contribution in [0.4, 0.5) is 0 Å². The summed E-state index contributed by atoms with van der Waals surface area (Å²) < 4.78 is 25.8. The zero-order valence-corrected chi connectivity index (χ0v) is 18.2. The predicted molar refractivity (Wildman–Crippen MR) is 127 cm³/mol. The lowest BCUT2D eigenvalue weighted by molar-refractivity contribution is 0.584. The minimum Gasteiger partial charge on any atom is -0.384 e. The molecule has 0 saturated carbocycles. The highest BCUT2D eigenvalue weighted by atomic mass is 32.2. The Morgan fingerprint density at radius 2 is 1.52 bits per heavy atom. The molecule has 0 radical (unpaired) electrons. The summed E-state index contributed by atoms with van der Waals surface area (Å²) in [7, 11) is -3.72. The van der Waals surface area contributed by atoms with Crippen molar-refractivity contribution in [3.8, 4) is 0 Å². The smallest absolute Gasteiger partial charge is 0.198 e.